The zero-order valence-electron chi connectivity index (χ0n) is 15.7. The van der Waals surface area contributed by atoms with Crippen LogP contribution < -0.4 is 0 Å². The summed E-state index contributed by atoms with van der Waals surface area (Å²) in [5, 5.41) is 0. The monoisotopic (exact) mass is 344 g/mol. The topological polar surface area (TPSA) is 32.8 Å². The van der Waals surface area contributed by atoms with E-state index in [1.165, 1.54) is 18.4 Å². The average molecular weight is 344 g/mol. The minimum Gasteiger partial charge on any atom is -0.383 e. The highest BCUT2D eigenvalue weighted by Gasteiger charge is 2.37. The average Bonchev–Trinajstić information content (AvgIpc) is 2.65. The van der Waals surface area contributed by atoms with Crippen LogP contribution in [0.4, 0.5) is 0 Å². The number of carbonyl (C=O) groups is 1. The highest BCUT2D eigenvalue weighted by molar-refractivity contribution is 5.77. The fourth-order valence-corrected chi connectivity index (χ4v) is 4.30. The van der Waals surface area contributed by atoms with Crippen LogP contribution in [0.2, 0.25) is 0 Å². The number of hydrogen-bond donors (Lipinski definition) is 0. The van der Waals surface area contributed by atoms with Gasteiger partial charge in [-0.2, -0.15) is 0 Å². The Morgan fingerprint density at radius 1 is 1.20 bits per heavy atom. The molecule has 25 heavy (non-hydrogen) atoms. The summed E-state index contributed by atoms with van der Waals surface area (Å²) < 4.78 is 5.18. The molecule has 3 rings (SSSR count). The van der Waals surface area contributed by atoms with Gasteiger partial charge < -0.3 is 14.5 Å². The normalized spacial score (nSPS) is 26.2. The predicted octanol–water partition coefficient (Wildman–Crippen LogP) is 2.93. The van der Waals surface area contributed by atoms with Crippen molar-refractivity contribution in [3.05, 3.63) is 35.9 Å². The smallest absolute Gasteiger partial charge is 0.222 e. The van der Waals surface area contributed by atoms with Gasteiger partial charge in [-0.3, -0.25) is 4.79 Å². The Morgan fingerprint density at radius 2 is 1.92 bits per heavy atom. The van der Waals surface area contributed by atoms with Gasteiger partial charge in [0.05, 0.1) is 6.61 Å². The van der Waals surface area contributed by atoms with E-state index < -0.39 is 0 Å². The molecule has 0 spiro atoms. The van der Waals surface area contributed by atoms with Gasteiger partial charge in [0, 0.05) is 38.6 Å². The van der Waals surface area contributed by atoms with Gasteiger partial charge in [0.25, 0.3) is 0 Å². The van der Waals surface area contributed by atoms with Gasteiger partial charge in [-0.05, 0) is 43.8 Å². The van der Waals surface area contributed by atoms with Gasteiger partial charge >= 0.3 is 0 Å². The summed E-state index contributed by atoms with van der Waals surface area (Å²) in [6.45, 7) is 8.20. The highest BCUT2D eigenvalue weighted by Crippen LogP contribution is 2.35. The number of likely N-dealkylation sites (tertiary alicyclic amines) is 2. The summed E-state index contributed by atoms with van der Waals surface area (Å²) >= 11 is 0. The standard InChI is InChI=1S/C21H32N2O2/c1-21(19-6-4-3-5-7-19)11-8-20(24)23(17-21)16-18-9-12-22(13-10-18)14-15-25-2/h3-7,18H,8-17H2,1-2H3. The van der Waals surface area contributed by atoms with E-state index >= 15 is 0 Å². The summed E-state index contributed by atoms with van der Waals surface area (Å²) in [5.41, 5.74) is 1.45. The maximum absolute atomic E-state index is 12.5. The van der Waals surface area contributed by atoms with Gasteiger partial charge in [-0.15, -0.1) is 0 Å². The van der Waals surface area contributed by atoms with E-state index in [-0.39, 0.29) is 5.41 Å². The Kier molecular flexibility index (Phi) is 6.13. The van der Waals surface area contributed by atoms with Gasteiger partial charge in [-0.1, -0.05) is 37.3 Å². The fourth-order valence-electron chi connectivity index (χ4n) is 4.30. The molecule has 1 aromatic rings. The predicted molar refractivity (Wildman–Crippen MR) is 101 cm³/mol. The highest BCUT2D eigenvalue weighted by atomic mass is 16.5. The molecule has 2 saturated heterocycles. The molecular weight excluding hydrogens is 312 g/mol. The van der Waals surface area contributed by atoms with Crippen LogP contribution in [0.3, 0.4) is 0 Å². The third-order valence-corrected chi connectivity index (χ3v) is 6.05. The Bertz CT molecular complexity index is 554. The number of hydrogen-bond acceptors (Lipinski definition) is 3. The molecule has 1 unspecified atom stereocenters. The number of ether oxygens (including phenoxy) is 1. The van der Waals surface area contributed by atoms with Crippen LogP contribution in [-0.4, -0.2) is 62.1 Å². The molecule has 1 aromatic carbocycles. The number of nitrogens with zero attached hydrogens (tertiary/aromatic N) is 2. The summed E-state index contributed by atoms with van der Waals surface area (Å²) in [6.07, 6.45) is 4.02. The summed E-state index contributed by atoms with van der Waals surface area (Å²) in [5.74, 6) is 0.982. The number of piperidine rings is 2. The molecule has 138 valence electrons. The van der Waals surface area contributed by atoms with E-state index in [4.69, 9.17) is 4.74 Å². The first-order chi connectivity index (χ1) is 12.1. The molecule has 2 aliphatic rings. The van der Waals surface area contributed by atoms with Gasteiger partial charge in [0.2, 0.25) is 5.91 Å². The van der Waals surface area contributed by atoms with Crippen LogP contribution >= 0.6 is 0 Å². The molecule has 4 heteroatoms. The number of rotatable bonds is 6. The lowest BCUT2D eigenvalue weighted by molar-refractivity contribution is -0.136. The van der Waals surface area contributed by atoms with Crippen molar-refractivity contribution in [1.82, 2.24) is 9.80 Å². The Morgan fingerprint density at radius 3 is 2.60 bits per heavy atom. The van der Waals surface area contributed by atoms with Crippen molar-refractivity contribution in [3.63, 3.8) is 0 Å². The van der Waals surface area contributed by atoms with Crippen LogP contribution in [0.5, 0.6) is 0 Å². The number of carbonyl (C=O) groups excluding carboxylic acids is 1. The Labute approximate surface area is 152 Å². The molecule has 4 nitrogen and oxygen atoms in total. The molecule has 0 aromatic heterocycles. The van der Waals surface area contributed by atoms with E-state index in [0.717, 1.165) is 45.8 Å². The molecule has 0 bridgehead atoms. The molecule has 1 amide bonds. The molecular formula is C21H32N2O2. The van der Waals surface area contributed by atoms with Crippen molar-refractivity contribution >= 4 is 5.91 Å². The lowest BCUT2D eigenvalue weighted by atomic mass is 9.75. The van der Waals surface area contributed by atoms with Crippen LogP contribution in [0.25, 0.3) is 0 Å². The molecule has 2 heterocycles. The minimum atomic E-state index is 0.0916. The van der Waals surface area contributed by atoms with Crippen LogP contribution in [0.1, 0.15) is 38.2 Å². The van der Waals surface area contributed by atoms with Crippen molar-refractivity contribution in [2.45, 2.75) is 38.0 Å². The number of methoxy groups -OCH3 is 1. The summed E-state index contributed by atoms with van der Waals surface area (Å²) in [7, 11) is 1.76. The fraction of sp³-hybridized carbons (Fsp3) is 0.667. The molecule has 0 N–H and O–H groups in total. The zero-order valence-corrected chi connectivity index (χ0v) is 15.7. The maximum atomic E-state index is 12.5. The lowest BCUT2D eigenvalue weighted by Crippen LogP contribution is -2.50. The van der Waals surface area contributed by atoms with Crippen LogP contribution in [0.15, 0.2) is 30.3 Å². The Hall–Kier alpha value is -1.39. The van der Waals surface area contributed by atoms with Crippen molar-refractivity contribution in [1.29, 1.82) is 0 Å². The second kappa shape index (κ2) is 8.33. The first kappa shape index (κ1) is 18.4. The van der Waals surface area contributed by atoms with E-state index in [0.29, 0.717) is 18.2 Å². The molecule has 1 atom stereocenters. The molecule has 0 aliphatic carbocycles. The van der Waals surface area contributed by atoms with Crippen molar-refractivity contribution in [3.8, 4) is 0 Å². The first-order valence-electron chi connectivity index (χ1n) is 9.65. The number of benzene rings is 1. The Balaban J connectivity index is 1.56. The van der Waals surface area contributed by atoms with E-state index in [1.807, 2.05) is 0 Å². The lowest BCUT2D eigenvalue weighted by Gasteiger charge is -2.43. The van der Waals surface area contributed by atoms with Crippen molar-refractivity contribution in [2.24, 2.45) is 5.92 Å². The summed E-state index contributed by atoms with van der Waals surface area (Å²) in [6, 6.07) is 10.7. The minimum absolute atomic E-state index is 0.0916. The van der Waals surface area contributed by atoms with E-state index in [2.05, 4.69) is 47.1 Å². The van der Waals surface area contributed by atoms with E-state index in [1.54, 1.807) is 7.11 Å². The van der Waals surface area contributed by atoms with E-state index in [9.17, 15) is 4.79 Å². The first-order valence-corrected chi connectivity index (χ1v) is 9.65. The largest absolute Gasteiger partial charge is 0.383 e. The number of amides is 1. The van der Waals surface area contributed by atoms with Crippen molar-refractivity contribution < 1.29 is 9.53 Å². The quantitative estimate of drug-likeness (QED) is 0.795. The summed E-state index contributed by atoms with van der Waals surface area (Å²) in [4.78, 5) is 17.1. The third kappa shape index (κ3) is 4.62. The van der Waals surface area contributed by atoms with Gasteiger partial charge in [0.1, 0.15) is 0 Å². The second-order valence-corrected chi connectivity index (χ2v) is 7.98. The molecule has 2 aliphatic heterocycles. The zero-order chi connectivity index (χ0) is 17.7. The van der Waals surface area contributed by atoms with Gasteiger partial charge in [-0.25, -0.2) is 0 Å². The van der Waals surface area contributed by atoms with Crippen LogP contribution in [0, 0.1) is 5.92 Å². The molecule has 0 saturated carbocycles. The second-order valence-electron chi connectivity index (χ2n) is 7.98. The van der Waals surface area contributed by atoms with Crippen molar-refractivity contribution in [2.75, 3.05) is 46.4 Å². The van der Waals surface area contributed by atoms with Gasteiger partial charge in [0.15, 0.2) is 0 Å². The van der Waals surface area contributed by atoms with Crippen LogP contribution in [-0.2, 0) is 14.9 Å². The SMILES string of the molecule is COCCN1CCC(CN2CC(C)(c3ccccc3)CCC2=O)CC1. The maximum Gasteiger partial charge on any atom is 0.222 e. The third-order valence-electron chi connectivity index (χ3n) is 6.05. The molecule has 0 radical (unpaired) electrons. The molecule has 2 fully saturated rings.